The molecule has 1 N–H and O–H groups in total. The molecule has 22 heavy (non-hydrogen) atoms. The topological polar surface area (TPSA) is 45.5 Å². The van der Waals surface area contributed by atoms with E-state index in [1.165, 1.54) is 4.90 Å². The molecular weight excluding hydrogens is 343 g/mol. The van der Waals surface area contributed by atoms with Gasteiger partial charge in [-0.3, -0.25) is 9.69 Å². The number of likely N-dealkylation sites (N-methyl/N-ethyl adjacent to an activating group) is 1. The van der Waals surface area contributed by atoms with E-state index in [1.54, 1.807) is 37.4 Å². The van der Waals surface area contributed by atoms with E-state index >= 15 is 0 Å². The standard InChI is InChI=1S/C15H10Cl2N2O2S/c1-19-14(20)12(18-15(19)22)7-9-3-5-13(21-9)8-2-4-10(16)11(17)6-8/h2-7H,1H3,(H,18,22). The molecule has 7 heteroatoms. The van der Waals surface area contributed by atoms with Crippen molar-refractivity contribution in [1.29, 1.82) is 0 Å². The van der Waals surface area contributed by atoms with Crippen LogP contribution in [0.4, 0.5) is 0 Å². The molecule has 1 aliphatic heterocycles. The normalized spacial score (nSPS) is 16.5. The fraction of sp³-hybridized carbons (Fsp3) is 0.0667. The van der Waals surface area contributed by atoms with E-state index < -0.39 is 0 Å². The Morgan fingerprint density at radius 3 is 2.64 bits per heavy atom. The smallest absolute Gasteiger partial charge is 0.276 e. The molecule has 0 unspecified atom stereocenters. The maximum absolute atomic E-state index is 11.9. The number of rotatable bonds is 2. The van der Waals surface area contributed by atoms with Crippen molar-refractivity contribution >= 4 is 52.5 Å². The zero-order valence-electron chi connectivity index (χ0n) is 11.4. The van der Waals surface area contributed by atoms with Crippen LogP contribution in [-0.2, 0) is 4.79 Å². The summed E-state index contributed by atoms with van der Waals surface area (Å²) in [5.41, 5.74) is 1.18. The Labute approximate surface area is 142 Å². The van der Waals surface area contributed by atoms with Crippen LogP contribution < -0.4 is 5.32 Å². The molecule has 0 bridgehead atoms. The predicted octanol–water partition coefficient (Wildman–Crippen LogP) is 3.94. The Balaban J connectivity index is 1.90. The van der Waals surface area contributed by atoms with Gasteiger partial charge in [0, 0.05) is 18.7 Å². The molecule has 1 saturated heterocycles. The van der Waals surface area contributed by atoms with Gasteiger partial charge < -0.3 is 9.73 Å². The number of carbonyl (C=O) groups excluding carboxylic acids is 1. The minimum Gasteiger partial charge on any atom is -0.457 e. The second-order valence-electron chi connectivity index (χ2n) is 4.68. The van der Waals surface area contributed by atoms with Crippen LogP contribution >= 0.6 is 35.4 Å². The van der Waals surface area contributed by atoms with Crippen molar-refractivity contribution in [2.75, 3.05) is 7.05 Å². The zero-order valence-corrected chi connectivity index (χ0v) is 13.7. The van der Waals surface area contributed by atoms with Gasteiger partial charge in [0.2, 0.25) is 0 Å². The highest BCUT2D eigenvalue weighted by molar-refractivity contribution is 7.80. The fourth-order valence-electron chi connectivity index (χ4n) is 2.00. The zero-order chi connectivity index (χ0) is 15.9. The van der Waals surface area contributed by atoms with Gasteiger partial charge in [-0.25, -0.2) is 0 Å². The predicted molar refractivity (Wildman–Crippen MR) is 90.6 cm³/mol. The Morgan fingerprint density at radius 2 is 2.00 bits per heavy atom. The Kier molecular flexibility index (Phi) is 3.95. The molecule has 112 valence electrons. The lowest BCUT2D eigenvalue weighted by Crippen LogP contribution is -2.25. The minimum absolute atomic E-state index is 0.197. The molecule has 0 aliphatic carbocycles. The van der Waals surface area contributed by atoms with E-state index in [2.05, 4.69) is 5.32 Å². The number of hydrogen-bond acceptors (Lipinski definition) is 3. The van der Waals surface area contributed by atoms with Crippen LogP contribution in [0.3, 0.4) is 0 Å². The molecule has 0 saturated carbocycles. The first kappa shape index (κ1) is 15.1. The van der Waals surface area contributed by atoms with Gasteiger partial charge in [-0.1, -0.05) is 23.2 Å². The second kappa shape index (κ2) is 5.76. The largest absolute Gasteiger partial charge is 0.457 e. The summed E-state index contributed by atoms with van der Waals surface area (Å²) < 4.78 is 5.71. The first-order chi connectivity index (χ1) is 10.5. The van der Waals surface area contributed by atoms with Gasteiger partial charge in [-0.05, 0) is 42.5 Å². The number of carbonyl (C=O) groups is 1. The van der Waals surface area contributed by atoms with Crippen molar-refractivity contribution in [3.8, 4) is 11.3 Å². The van der Waals surface area contributed by atoms with Gasteiger partial charge in [0.25, 0.3) is 5.91 Å². The first-order valence-corrected chi connectivity index (χ1v) is 7.48. The van der Waals surface area contributed by atoms with Crippen LogP contribution in [0.5, 0.6) is 0 Å². The summed E-state index contributed by atoms with van der Waals surface area (Å²) in [6, 6.07) is 8.80. The third-order valence-electron chi connectivity index (χ3n) is 3.20. The van der Waals surface area contributed by atoms with E-state index in [-0.39, 0.29) is 5.91 Å². The average molecular weight is 353 g/mol. The van der Waals surface area contributed by atoms with Gasteiger partial charge in [0.05, 0.1) is 10.0 Å². The van der Waals surface area contributed by atoms with Crippen molar-refractivity contribution in [3.63, 3.8) is 0 Å². The molecule has 1 fully saturated rings. The van der Waals surface area contributed by atoms with E-state index in [1.807, 2.05) is 6.07 Å². The average Bonchev–Trinajstić information content (AvgIpc) is 3.04. The quantitative estimate of drug-likeness (QED) is 0.656. The molecule has 1 amide bonds. The summed E-state index contributed by atoms with van der Waals surface area (Å²) in [6.07, 6.45) is 1.61. The number of benzene rings is 1. The highest BCUT2D eigenvalue weighted by Gasteiger charge is 2.27. The lowest BCUT2D eigenvalue weighted by atomic mass is 10.2. The van der Waals surface area contributed by atoms with Crippen molar-refractivity contribution in [1.82, 2.24) is 10.2 Å². The summed E-state index contributed by atoms with van der Waals surface area (Å²) in [7, 11) is 1.61. The van der Waals surface area contributed by atoms with E-state index in [9.17, 15) is 4.79 Å². The monoisotopic (exact) mass is 352 g/mol. The molecule has 0 spiro atoms. The molecular formula is C15H10Cl2N2O2S. The number of nitrogens with one attached hydrogen (secondary N) is 1. The van der Waals surface area contributed by atoms with Crippen LogP contribution in [0.15, 0.2) is 40.4 Å². The maximum atomic E-state index is 11.9. The van der Waals surface area contributed by atoms with Gasteiger partial charge in [-0.2, -0.15) is 0 Å². The lowest BCUT2D eigenvalue weighted by Gasteiger charge is -2.02. The molecule has 2 aromatic rings. The molecule has 3 rings (SSSR count). The van der Waals surface area contributed by atoms with Crippen LogP contribution in [0.25, 0.3) is 17.4 Å². The second-order valence-corrected chi connectivity index (χ2v) is 5.88. The van der Waals surface area contributed by atoms with E-state index in [4.69, 9.17) is 39.8 Å². The highest BCUT2D eigenvalue weighted by Crippen LogP contribution is 2.30. The highest BCUT2D eigenvalue weighted by atomic mass is 35.5. The Bertz CT molecular complexity index is 814. The Hall–Kier alpha value is -1.82. The SMILES string of the molecule is CN1C(=O)C(=Cc2ccc(-c3ccc(Cl)c(Cl)c3)o2)NC1=S. The number of thiocarbonyl (C=S) groups is 1. The van der Waals surface area contributed by atoms with Gasteiger partial charge >= 0.3 is 0 Å². The minimum atomic E-state index is -0.197. The third-order valence-corrected chi connectivity index (χ3v) is 4.31. The van der Waals surface area contributed by atoms with E-state index in [0.717, 1.165) is 5.56 Å². The summed E-state index contributed by atoms with van der Waals surface area (Å²) in [5.74, 6) is 0.972. The molecule has 1 aromatic carbocycles. The summed E-state index contributed by atoms with van der Waals surface area (Å²) in [5, 5.41) is 4.14. The summed E-state index contributed by atoms with van der Waals surface area (Å²) in [4.78, 5) is 13.3. The van der Waals surface area contributed by atoms with Crippen LogP contribution in [0, 0.1) is 0 Å². The molecule has 2 heterocycles. The van der Waals surface area contributed by atoms with Gasteiger partial charge in [0.1, 0.15) is 17.2 Å². The van der Waals surface area contributed by atoms with Crippen molar-refractivity contribution in [2.24, 2.45) is 0 Å². The number of nitrogens with zero attached hydrogens (tertiary/aromatic N) is 1. The summed E-state index contributed by atoms with van der Waals surface area (Å²) in [6.45, 7) is 0. The number of halogens is 2. The molecule has 1 aliphatic rings. The van der Waals surface area contributed by atoms with Crippen LogP contribution in [0.2, 0.25) is 10.0 Å². The molecule has 4 nitrogen and oxygen atoms in total. The molecule has 1 aromatic heterocycles. The lowest BCUT2D eigenvalue weighted by molar-refractivity contribution is -0.121. The number of furan rings is 1. The summed E-state index contributed by atoms with van der Waals surface area (Å²) >= 11 is 16.9. The number of hydrogen-bond donors (Lipinski definition) is 1. The molecule has 0 atom stereocenters. The molecule has 0 radical (unpaired) electrons. The van der Waals surface area contributed by atoms with Crippen LogP contribution in [-0.4, -0.2) is 23.0 Å². The third kappa shape index (κ3) is 2.75. The van der Waals surface area contributed by atoms with E-state index in [0.29, 0.717) is 32.4 Å². The van der Waals surface area contributed by atoms with Crippen molar-refractivity contribution in [2.45, 2.75) is 0 Å². The van der Waals surface area contributed by atoms with Crippen molar-refractivity contribution < 1.29 is 9.21 Å². The number of amides is 1. The fourth-order valence-corrected chi connectivity index (χ4v) is 2.49. The first-order valence-electron chi connectivity index (χ1n) is 6.31. The van der Waals surface area contributed by atoms with Gasteiger partial charge in [-0.15, -0.1) is 0 Å². The Morgan fingerprint density at radius 1 is 1.23 bits per heavy atom. The maximum Gasteiger partial charge on any atom is 0.276 e. The van der Waals surface area contributed by atoms with Crippen LogP contribution in [0.1, 0.15) is 5.76 Å². The van der Waals surface area contributed by atoms with Gasteiger partial charge in [0.15, 0.2) is 5.11 Å². The van der Waals surface area contributed by atoms with Crippen molar-refractivity contribution in [3.05, 3.63) is 51.8 Å².